The highest BCUT2D eigenvalue weighted by Crippen LogP contribution is 2.34. The number of thiocarbonyl (C=S) groups is 1. The molecule has 2 fully saturated rings. The molecule has 9 nitrogen and oxygen atoms in total. The maximum absolute atomic E-state index is 13.6. The van der Waals surface area contributed by atoms with Gasteiger partial charge in [-0.05, 0) is 44.9 Å². The van der Waals surface area contributed by atoms with Gasteiger partial charge >= 0.3 is 5.97 Å². The van der Waals surface area contributed by atoms with Gasteiger partial charge in [-0.25, -0.2) is 4.98 Å². The molecule has 1 N–H and O–H groups in total. The molecular weight excluding hydrogens is 548 g/mol. The molecule has 216 valence electrons. The second-order valence-electron chi connectivity index (χ2n) is 10.6. The van der Waals surface area contributed by atoms with Crippen molar-refractivity contribution in [3.63, 3.8) is 0 Å². The lowest BCUT2D eigenvalue weighted by molar-refractivity contribution is -0.137. The van der Waals surface area contributed by atoms with E-state index in [1.165, 1.54) is 16.2 Å². The summed E-state index contributed by atoms with van der Waals surface area (Å²) in [7, 11) is 0. The number of anilines is 1. The lowest BCUT2D eigenvalue weighted by atomic mass is 10.1. The molecule has 0 spiro atoms. The first-order valence-electron chi connectivity index (χ1n) is 14.1. The molecule has 2 unspecified atom stereocenters. The Morgan fingerprint density at radius 3 is 2.40 bits per heavy atom. The van der Waals surface area contributed by atoms with Gasteiger partial charge in [0.15, 0.2) is 0 Å². The maximum Gasteiger partial charge on any atom is 0.303 e. The number of ether oxygens (including phenoxy) is 1. The number of aromatic nitrogens is 2. The van der Waals surface area contributed by atoms with E-state index in [2.05, 4.69) is 4.90 Å². The number of pyridine rings is 1. The molecule has 0 aliphatic carbocycles. The molecule has 0 aromatic carbocycles. The van der Waals surface area contributed by atoms with Gasteiger partial charge in [-0.3, -0.25) is 23.7 Å². The second-order valence-corrected chi connectivity index (χ2v) is 12.2. The van der Waals surface area contributed by atoms with Gasteiger partial charge in [-0.15, -0.1) is 0 Å². The SMILES string of the molecule is CC1CN(c2nc3ccccn3c(=O)c2C=C2SC(=S)N(CCCCCCCCCCC(=O)O)C2=O)CC(C)O1. The van der Waals surface area contributed by atoms with E-state index >= 15 is 0 Å². The number of thioether (sulfide) groups is 1. The number of carbonyl (C=O) groups is 2. The Morgan fingerprint density at radius 1 is 1.07 bits per heavy atom. The van der Waals surface area contributed by atoms with E-state index in [0.717, 1.165) is 51.4 Å². The Hall–Kier alpha value is -2.76. The summed E-state index contributed by atoms with van der Waals surface area (Å²) in [6.07, 6.45) is 11.5. The minimum Gasteiger partial charge on any atom is -0.481 e. The normalized spacial score (nSPS) is 20.7. The zero-order valence-electron chi connectivity index (χ0n) is 23.2. The minimum absolute atomic E-state index is 0.0113. The van der Waals surface area contributed by atoms with Crippen molar-refractivity contribution in [1.82, 2.24) is 14.3 Å². The van der Waals surface area contributed by atoms with E-state index in [-0.39, 0.29) is 30.1 Å². The van der Waals surface area contributed by atoms with Crippen LogP contribution in [-0.4, -0.2) is 67.4 Å². The molecule has 4 heterocycles. The molecule has 11 heteroatoms. The Morgan fingerprint density at radius 2 is 1.73 bits per heavy atom. The number of carbonyl (C=O) groups excluding carboxylic acids is 1. The van der Waals surface area contributed by atoms with E-state index in [9.17, 15) is 14.4 Å². The van der Waals surface area contributed by atoms with Crippen LogP contribution < -0.4 is 10.5 Å². The predicted molar refractivity (Wildman–Crippen MR) is 163 cm³/mol. The Kier molecular flexibility index (Phi) is 10.7. The fourth-order valence-electron chi connectivity index (χ4n) is 5.24. The number of nitrogens with zero attached hydrogens (tertiary/aromatic N) is 4. The Labute approximate surface area is 244 Å². The third kappa shape index (κ3) is 7.70. The summed E-state index contributed by atoms with van der Waals surface area (Å²) in [5, 5.41) is 8.70. The molecule has 1 amide bonds. The highest BCUT2D eigenvalue weighted by molar-refractivity contribution is 8.26. The van der Waals surface area contributed by atoms with Gasteiger partial charge in [0.25, 0.3) is 11.5 Å². The van der Waals surface area contributed by atoms with Crippen molar-refractivity contribution < 1.29 is 19.4 Å². The number of aliphatic carboxylic acids is 1. The summed E-state index contributed by atoms with van der Waals surface area (Å²) in [5.41, 5.74) is 0.716. The van der Waals surface area contributed by atoms with E-state index in [1.807, 2.05) is 19.9 Å². The fraction of sp³-hybridized carbons (Fsp3) is 0.552. The Balaban J connectivity index is 1.41. The lowest BCUT2D eigenvalue weighted by Crippen LogP contribution is -2.46. The zero-order chi connectivity index (χ0) is 28.6. The summed E-state index contributed by atoms with van der Waals surface area (Å²) < 4.78 is 7.92. The van der Waals surface area contributed by atoms with Crippen LogP contribution in [0.15, 0.2) is 34.1 Å². The van der Waals surface area contributed by atoms with Gasteiger partial charge in [0.05, 0.1) is 22.7 Å². The number of fused-ring (bicyclic) bond motifs is 1. The van der Waals surface area contributed by atoms with E-state index in [0.29, 0.717) is 45.9 Å². The van der Waals surface area contributed by atoms with Crippen LogP contribution in [0.5, 0.6) is 0 Å². The molecule has 2 aromatic heterocycles. The highest BCUT2D eigenvalue weighted by atomic mass is 32.2. The van der Waals surface area contributed by atoms with Crippen LogP contribution >= 0.6 is 24.0 Å². The van der Waals surface area contributed by atoms with Crippen LogP contribution in [0.3, 0.4) is 0 Å². The average molecular weight is 587 g/mol. The van der Waals surface area contributed by atoms with E-state index in [1.54, 1.807) is 29.3 Å². The number of morpholine rings is 1. The molecule has 0 radical (unpaired) electrons. The Bertz CT molecular complexity index is 1320. The number of hydrogen-bond acceptors (Lipinski definition) is 8. The molecule has 2 aliphatic heterocycles. The number of amides is 1. The van der Waals surface area contributed by atoms with Crippen molar-refractivity contribution in [2.75, 3.05) is 24.5 Å². The molecule has 0 bridgehead atoms. The zero-order valence-corrected chi connectivity index (χ0v) is 24.8. The van der Waals surface area contributed by atoms with Crippen LogP contribution in [0.25, 0.3) is 11.7 Å². The standard InChI is InChI=1S/C29H38N4O5S2/c1-20-18-31(19-21(2)38-20)26-22(27(36)32-15-12-10-13-24(32)30-26)17-23-28(37)33(29(39)40-23)16-11-8-6-4-3-5-7-9-14-25(34)35/h10,12-13,15,17,20-21H,3-9,11,14,16,18-19H2,1-2H3,(H,34,35). The largest absolute Gasteiger partial charge is 0.481 e. The predicted octanol–water partition coefficient (Wildman–Crippen LogP) is 5.10. The molecule has 4 rings (SSSR count). The average Bonchev–Trinajstić information content (AvgIpc) is 3.17. The monoisotopic (exact) mass is 586 g/mol. The number of hydrogen-bond donors (Lipinski definition) is 1. The topological polar surface area (TPSA) is 104 Å². The van der Waals surface area contributed by atoms with Gasteiger partial charge in [0.2, 0.25) is 0 Å². The van der Waals surface area contributed by atoms with Crippen LogP contribution in [0.2, 0.25) is 0 Å². The number of rotatable bonds is 13. The summed E-state index contributed by atoms with van der Waals surface area (Å²) in [6, 6.07) is 5.45. The summed E-state index contributed by atoms with van der Waals surface area (Å²) in [5.74, 6) is -0.333. The van der Waals surface area contributed by atoms with Crippen LogP contribution in [-0.2, 0) is 14.3 Å². The van der Waals surface area contributed by atoms with Crippen LogP contribution in [0.1, 0.15) is 77.2 Å². The molecule has 2 atom stereocenters. The first-order valence-corrected chi connectivity index (χ1v) is 15.4. The number of unbranched alkanes of at least 4 members (excludes halogenated alkanes) is 7. The number of carboxylic acids is 1. The van der Waals surface area contributed by atoms with Gasteiger partial charge in [-0.2, -0.15) is 0 Å². The van der Waals surface area contributed by atoms with Gasteiger partial charge in [0.1, 0.15) is 15.8 Å². The van der Waals surface area contributed by atoms with Crippen molar-refractivity contribution in [2.45, 2.75) is 83.8 Å². The molecular formula is C29H38N4O5S2. The first-order chi connectivity index (χ1) is 19.2. The van der Waals surface area contributed by atoms with Crippen molar-refractivity contribution in [2.24, 2.45) is 0 Å². The lowest BCUT2D eigenvalue weighted by Gasteiger charge is -2.36. The van der Waals surface area contributed by atoms with Crippen molar-refractivity contribution in [3.05, 3.63) is 45.2 Å². The van der Waals surface area contributed by atoms with Gasteiger partial charge < -0.3 is 14.7 Å². The van der Waals surface area contributed by atoms with Gasteiger partial charge in [0, 0.05) is 32.3 Å². The molecule has 0 saturated carbocycles. The van der Waals surface area contributed by atoms with Crippen LogP contribution in [0, 0.1) is 0 Å². The van der Waals surface area contributed by atoms with E-state index in [4.69, 9.17) is 27.0 Å². The fourth-order valence-corrected chi connectivity index (χ4v) is 6.53. The highest BCUT2D eigenvalue weighted by Gasteiger charge is 2.33. The van der Waals surface area contributed by atoms with E-state index < -0.39 is 5.97 Å². The minimum atomic E-state index is -0.728. The smallest absolute Gasteiger partial charge is 0.303 e. The van der Waals surface area contributed by atoms with Crippen molar-refractivity contribution in [1.29, 1.82) is 0 Å². The summed E-state index contributed by atoms with van der Waals surface area (Å²) in [4.78, 5) is 46.5. The molecule has 2 aromatic rings. The summed E-state index contributed by atoms with van der Waals surface area (Å²) in [6.45, 7) is 5.77. The molecule has 40 heavy (non-hydrogen) atoms. The van der Waals surface area contributed by atoms with Crippen LogP contribution in [0.4, 0.5) is 5.82 Å². The first kappa shape index (κ1) is 30.2. The third-order valence-electron chi connectivity index (χ3n) is 7.14. The molecule has 2 saturated heterocycles. The summed E-state index contributed by atoms with van der Waals surface area (Å²) >= 11 is 6.78. The quantitative estimate of drug-likeness (QED) is 0.195. The maximum atomic E-state index is 13.6. The third-order valence-corrected chi connectivity index (χ3v) is 8.52. The molecule has 2 aliphatic rings. The van der Waals surface area contributed by atoms with Crippen molar-refractivity contribution in [3.8, 4) is 0 Å². The second kappa shape index (κ2) is 14.2. The number of carboxylic acid groups (broad SMARTS) is 1. The van der Waals surface area contributed by atoms with Gasteiger partial charge in [-0.1, -0.05) is 68.6 Å². The van der Waals surface area contributed by atoms with Crippen molar-refractivity contribution >= 4 is 57.7 Å².